The minimum atomic E-state index is -0.747. The van der Waals surface area contributed by atoms with E-state index in [0.29, 0.717) is 12.0 Å². The number of piperidine rings is 1. The van der Waals surface area contributed by atoms with Crippen LogP contribution in [0.1, 0.15) is 30.4 Å². The number of ether oxygens (including phenoxy) is 1. The van der Waals surface area contributed by atoms with Crippen LogP contribution in [-0.4, -0.2) is 16.7 Å². The van der Waals surface area contributed by atoms with Crippen LogP contribution in [0.25, 0.3) is 6.08 Å². The molecule has 25 heavy (non-hydrogen) atoms. The van der Waals surface area contributed by atoms with Crippen molar-refractivity contribution in [2.75, 3.05) is 0 Å². The van der Waals surface area contributed by atoms with E-state index >= 15 is 0 Å². The van der Waals surface area contributed by atoms with Crippen molar-refractivity contribution in [3.63, 3.8) is 0 Å². The Bertz CT molecular complexity index is 885. The number of aliphatic hydroxyl groups is 1. The fourth-order valence-electron chi connectivity index (χ4n) is 3.57. The van der Waals surface area contributed by atoms with E-state index in [0.717, 1.165) is 16.9 Å². The lowest BCUT2D eigenvalue weighted by Gasteiger charge is -2.45. The second-order valence-corrected chi connectivity index (χ2v) is 6.62. The maximum absolute atomic E-state index is 12.6. The number of fused-ring (bicyclic) bond motifs is 4. The zero-order valence-corrected chi connectivity index (χ0v) is 13.9. The SMILES string of the molecule is C[C@@]12C[C@@H](/C(=C(O)\C=C\c3ccccc3)C(=O)N1)c1ccccc1O2. The monoisotopic (exact) mass is 333 g/mol. The van der Waals surface area contributed by atoms with Gasteiger partial charge in [0.2, 0.25) is 0 Å². The first-order valence-electron chi connectivity index (χ1n) is 8.32. The molecule has 2 N–H and O–H groups in total. The molecule has 2 heterocycles. The van der Waals surface area contributed by atoms with Gasteiger partial charge in [-0.1, -0.05) is 54.6 Å². The zero-order chi connectivity index (χ0) is 17.4. The van der Waals surface area contributed by atoms with Gasteiger partial charge >= 0.3 is 0 Å². The van der Waals surface area contributed by atoms with Gasteiger partial charge in [-0.05, 0) is 24.6 Å². The van der Waals surface area contributed by atoms with E-state index in [1.807, 2.05) is 61.5 Å². The molecule has 1 saturated heterocycles. The van der Waals surface area contributed by atoms with Crippen molar-refractivity contribution in [3.05, 3.63) is 83.1 Å². The fourth-order valence-corrected chi connectivity index (χ4v) is 3.57. The molecule has 126 valence electrons. The van der Waals surface area contributed by atoms with Crippen LogP contribution in [0.2, 0.25) is 0 Å². The number of carbonyl (C=O) groups is 1. The lowest BCUT2D eigenvalue weighted by Crippen LogP contribution is -2.58. The van der Waals surface area contributed by atoms with Crippen LogP contribution in [0, 0.1) is 0 Å². The van der Waals surface area contributed by atoms with Gasteiger partial charge in [0.1, 0.15) is 11.5 Å². The summed E-state index contributed by atoms with van der Waals surface area (Å²) in [6.45, 7) is 1.86. The highest BCUT2D eigenvalue weighted by atomic mass is 16.5. The second-order valence-electron chi connectivity index (χ2n) is 6.62. The molecule has 0 aromatic heterocycles. The molecule has 2 aromatic rings. The third-order valence-electron chi connectivity index (χ3n) is 4.70. The Kier molecular flexibility index (Phi) is 3.61. The summed E-state index contributed by atoms with van der Waals surface area (Å²) < 4.78 is 5.96. The van der Waals surface area contributed by atoms with E-state index in [4.69, 9.17) is 4.74 Å². The predicted molar refractivity (Wildman–Crippen MR) is 96.1 cm³/mol. The Morgan fingerprint density at radius 2 is 1.92 bits per heavy atom. The number of hydrogen-bond donors (Lipinski definition) is 2. The first-order chi connectivity index (χ1) is 12.1. The summed E-state index contributed by atoms with van der Waals surface area (Å²) in [7, 11) is 0. The van der Waals surface area contributed by atoms with E-state index in [9.17, 15) is 9.90 Å². The van der Waals surface area contributed by atoms with Gasteiger partial charge in [-0.3, -0.25) is 4.79 Å². The molecular weight excluding hydrogens is 314 g/mol. The number of allylic oxidation sites excluding steroid dienone is 1. The lowest BCUT2D eigenvalue weighted by molar-refractivity contribution is -0.127. The van der Waals surface area contributed by atoms with Gasteiger partial charge < -0.3 is 15.2 Å². The second kappa shape index (κ2) is 5.81. The third kappa shape index (κ3) is 2.80. The first-order valence-corrected chi connectivity index (χ1v) is 8.32. The zero-order valence-electron chi connectivity index (χ0n) is 13.9. The van der Waals surface area contributed by atoms with E-state index in [-0.39, 0.29) is 17.6 Å². The molecule has 1 fully saturated rings. The maximum Gasteiger partial charge on any atom is 0.254 e. The minimum absolute atomic E-state index is 0.00916. The molecule has 1 amide bonds. The Balaban J connectivity index is 1.77. The van der Waals surface area contributed by atoms with Gasteiger partial charge in [-0.2, -0.15) is 0 Å². The number of amides is 1. The highest BCUT2D eigenvalue weighted by molar-refractivity contribution is 5.98. The van der Waals surface area contributed by atoms with Crippen molar-refractivity contribution in [1.29, 1.82) is 0 Å². The molecule has 2 atom stereocenters. The third-order valence-corrected chi connectivity index (χ3v) is 4.70. The average Bonchev–Trinajstić information content (AvgIpc) is 2.60. The van der Waals surface area contributed by atoms with Crippen LogP contribution in [0.5, 0.6) is 5.75 Å². The molecule has 2 bridgehead atoms. The van der Waals surface area contributed by atoms with Crippen LogP contribution in [-0.2, 0) is 4.79 Å². The summed E-state index contributed by atoms with van der Waals surface area (Å²) in [5, 5.41) is 13.5. The largest absolute Gasteiger partial charge is 0.507 e. The van der Waals surface area contributed by atoms with E-state index in [1.54, 1.807) is 12.2 Å². The van der Waals surface area contributed by atoms with Gasteiger partial charge in [0.05, 0.1) is 5.57 Å². The smallest absolute Gasteiger partial charge is 0.254 e. The molecule has 4 nitrogen and oxygen atoms in total. The van der Waals surface area contributed by atoms with Crippen molar-refractivity contribution >= 4 is 12.0 Å². The van der Waals surface area contributed by atoms with Crippen molar-refractivity contribution in [1.82, 2.24) is 5.32 Å². The van der Waals surface area contributed by atoms with Crippen molar-refractivity contribution in [3.8, 4) is 5.75 Å². The summed E-state index contributed by atoms with van der Waals surface area (Å²) in [6, 6.07) is 17.3. The lowest BCUT2D eigenvalue weighted by atomic mass is 9.78. The van der Waals surface area contributed by atoms with Crippen molar-refractivity contribution in [2.24, 2.45) is 0 Å². The van der Waals surface area contributed by atoms with Crippen LogP contribution in [0.15, 0.2) is 72.0 Å². The molecule has 0 radical (unpaired) electrons. The van der Waals surface area contributed by atoms with Crippen LogP contribution >= 0.6 is 0 Å². The maximum atomic E-state index is 12.6. The van der Waals surface area contributed by atoms with E-state index in [1.165, 1.54) is 0 Å². The standard InChI is InChI=1S/C21H19NO3/c1-21-13-16(15-9-5-6-10-18(15)25-21)19(20(24)22-21)17(23)12-11-14-7-3-2-4-8-14/h2-12,16,23H,13H2,1H3,(H,22,24)/b12-11+,19-17-/t16-,21-/m1/s1. The highest BCUT2D eigenvalue weighted by Gasteiger charge is 2.47. The number of hydrogen-bond acceptors (Lipinski definition) is 3. The van der Waals surface area contributed by atoms with E-state index < -0.39 is 5.72 Å². The summed E-state index contributed by atoms with van der Waals surface area (Å²) in [5.41, 5.74) is 1.54. The molecular formula is C21H19NO3. The summed E-state index contributed by atoms with van der Waals surface area (Å²) in [5.74, 6) is 0.260. The van der Waals surface area contributed by atoms with E-state index in [2.05, 4.69) is 5.32 Å². The Hall–Kier alpha value is -3.01. The van der Waals surface area contributed by atoms with Gasteiger partial charge in [0.15, 0.2) is 5.72 Å². The first kappa shape index (κ1) is 15.5. The van der Waals surface area contributed by atoms with Gasteiger partial charge in [-0.15, -0.1) is 0 Å². The predicted octanol–water partition coefficient (Wildman–Crippen LogP) is 3.92. The van der Waals surface area contributed by atoms with Gasteiger partial charge in [0, 0.05) is 17.9 Å². The van der Waals surface area contributed by atoms with Gasteiger partial charge in [0.25, 0.3) is 5.91 Å². The topological polar surface area (TPSA) is 58.6 Å². The number of benzene rings is 2. The Labute approximate surface area is 146 Å². The molecule has 4 rings (SSSR count). The fraction of sp³-hybridized carbons (Fsp3) is 0.190. The van der Waals surface area contributed by atoms with Crippen LogP contribution in [0.3, 0.4) is 0 Å². The number of aliphatic hydroxyl groups excluding tert-OH is 1. The van der Waals surface area contributed by atoms with Gasteiger partial charge in [-0.25, -0.2) is 0 Å². The van der Waals surface area contributed by atoms with Crippen LogP contribution in [0.4, 0.5) is 0 Å². The summed E-state index contributed by atoms with van der Waals surface area (Å²) in [6.07, 6.45) is 3.98. The molecule has 2 aromatic carbocycles. The molecule has 2 aliphatic rings. The number of para-hydroxylation sites is 1. The van der Waals surface area contributed by atoms with Crippen LogP contribution < -0.4 is 10.1 Å². The van der Waals surface area contributed by atoms with Crippen molar-refractivity contribution < 1.29 is 14.6 Å². The average molecular weight is 333 g/mol. The number of nitrogens with one attached hydrogen (secondary N) is 1. The normalized spacial score (nSPS) is 26.6. The molecule has 0 unspecified atom stereocenters. The Morgan fingerprint density at radius 3 is 2.72 bits per heavy atom. The quantitative estimate of drug-likeness (QED) is 0.647. The summed E-state index contributed by atoms with van der Waals surface area (Å²) >= 11 is 0. The number of rotatable bonds is 2. The number of carbonyl (C=O) groups excluding carboxylic acids is 1. The molecule has 0 saturated carbocycles. The summed E-state index contributed by atoms with van der Waals surface area (Å²) in [4.78, 5) is 12.6. The van der Waals surface area contributed by atoms with Crippen molar-refractivity contribution in [2.45, 2.75) is 25.0 Å². The highest BCUT2D eigenvalue weighted by Crippen LogP contribution is 2.46. The molecule has 4 heteroatoms. The minimum Gasteiger partial charge on any atom is -0.507 e. The molecule has 0 aliphatic carbocycles. The Morgan fingerprint density at radius 1 is 1.20 bits per heavy atom. The molecule has 0 spiro atoms. The molecule has 2 aliphatic heterocycles.